The lowest BCUT2D eigenvalue weighted by molar-refractivity contribution is 0.304. The molecule has 15 heavy (non-hydrogen) atoms. The van der Waals surface area contributed by atoms with E-state index in [0.29, 0.717) is 0 Å². The van der Waals surface area contributed by atoms with Gasteiger partial charge in [-0.25, -0.2) is 0 Å². The molecule has 2 bridgehead atoms. The fraction of sp³-hybridized carbons (Fsp3) is 1.00. The Morgan fingerprint density at radius 2 is 2.00 bits per heavy atom. The molecule has 3 aliphatic carbocycles. The van der Waals surface area contributed by atoms with Gasteiger partial charge in [0.15, 0.2) is 0 Å². The zero-order valence-electron chi connectivity index (χ0n) is 10.0. The monoisotopic (exact) mass is 207 g/mol. The van der Waals surface area contributed by atoms with Gasteiger partial charge < -0.3 is 5.32 Å². The van der Waals surface area contributed by atoms with Crippen molar-refractivity contribution in [2.24, 2.45) is 23.7 Å². The summed E-state index contributed by atoms with van der Waals surface area (Å²) in [6.45, 7) is 3.70. The smallest absolute Gasteiger partial charge is 0.00414 e. The molecule has 0 spiro atoms. The van der Waals surface area contributed by atoms with Gasteiger partial charge in [-0.3, -0.25) is 0 Å². The largest absolute Gasteiger partial charge is 0.314 e. The van der Waals surface area contributed by atoms with Crippen LogP contribution in [0.2, 0.25) is 0 Å². The van der Waals surface area contributed by atoms with Crippen molar-refractivity contribution in [2.75, 3.05) is 6.54 Å². The molecule has 1 heteroatoms. The van der Waals surface area contributed by atoms with Crippen LogP contribution in [0, 0.1) is 23.7 Å². The lowest BCUT2D eigenvalue weighted by Gasteiger charge is -2.24. The van der Waals surface area contributed by atoms with Gasteiger partial charge in [-0.15, -0.1) is 0 Å². The summed E-state index contributed by atoms with van der Waals surface area (Å²) in [7, 11) is 0. The van der Waals surface area contributed by atoms with Crippen LogP contribution in [0.3, 0.4) is 0 Å². The summed E-state index contributed by atoms with van der Waals surface area (Å²) in [6, 6.07) is 0.775. The van der Waals surface area contributed by atoms with E-state index < -0.39 is 0 Å². The van der Waals surface area contributed by atoms with Crippen LogP contribution >= 0.6 is 0 Å². The van der Waals surface area contributed by atoms with Crippen LogP contribution in [0.4, 0.5) is 0 Å². The minimum Gasteiger partial charge on any atom is -0.314 e. The Morgan fingerprint density at radius 1 is 1.13 bits per heavy atom. The third kappa shape index (κ3) is 2.38. The second-order valence-corrected chi connectivity index (χ2v) is 6.42. The third-order valence-corrected chi connectivity index (χ3v) is 5.00. The summed E-state index contributed by atoms with van der Waals surface area (Å²) in [4.78, 5) is 0. The molecular formula is C14H25N. The Labute approximate surface area is 94.0 Å². The summed E-state index contributed by atoms with van der Waals surface area (Å²) in [5, 5.41) is 3.78. The molecular weight excluding hydrogens is 182 g/mol. The number of fused-ring (bicyclic) bond motifs is 2. The van der Waals surface area contributed by atoms with Crippen molar-refractivity contribution in [3.8, 4) is 0 Å². The van der Waals surface area contributed by atoms with Crippen molar-refractivity contribution in [2.45, 2.75) is 57.9 Å². The maximum absolute atomic E-state index is 3.78. The van der Waals surface area contributed by atoms with E-state index in [0.717, 1.165) is 29.7 Å². The van der Waals surface area contributed by atoms with Crippen molar-refractivity contribution < 1.29 is 0 Å². The molecule has 1 nitrogen and oxygen atoms in total. The SMILES string of the molecule is CC(CC1CC1)NCC1CC2CCC1C2. The minimum absolute atomic E-state index is 0.775. The van der Waals surface area contributed by atoms with Crippen LogP contribution in [-0.4, -0.2) is 12.6 Å². The molecule has 3 rings (SSSR count). The van der Waals surface area contributed by atoms with Crippen molar-refractivity contribution in [3.63, 3.8) is 0 Å². The van der Waals surface area contributed by atoms with Crippen LogP contribution in [0.1, 0.15) is 51.9 Å². The molecule has 1 N–H and O–H groups in total. The minimum atomic E-state index is 0.775. The molecule has 0 aromatic rings. The standard InChI is InChI=1S/C14H25N/c1-10(6-11-2-3-11)15-9-14-8-12-4-5-13(14)7-12/h10-15H,2-9H2,1H3. The summed E-state index contributed by atoms with van der Waals surface area (Å²) in [5.41, 5.74) is 0. The number of nitrogens with one attached hydrogen (secondary N) is 1. The van der Waals surface area contributed by atoms with Crippen molar-refractivity contribution in [1.82, 2.24) is 5.32 Å². The zero-order chi connectivity index (χ0) is 10.3. The lowest BCUT2D eigenvalue weighted by Crippen LogP contribution is -2.33. The first-order valence-corrected chi connectivity index (χ1v) is 7.04. The van der Waals surface area contributed by atoms with Crippen LogP contribution in [-0.2, 0) is 0 Å². The summed E-state index contributed by atoms with van der Waals surface area (Å²) in [6.07, 6.45) is 10.6. The average Bonchev–Trinajstić information content (AvgIpc) is 2.80. The Balaban J connectivity index is 1.38. The quantitative estimate of drug-likeness (QED) is 0.730. The first kappa shape index (κ1) is 10.1. The van der Waals surface area contributed by atoms with Gasteiger partial charge in [0.1, 0.15) is 0 Å². The zero-order valence-corrected chi connectivity index (χ0v) is 10.0. The van der Waals surface area contributed by atoms with Gasteiger partial charge in [-0.05, 0) is 62.8 Å². The van der Waals surface area contributed by atoms with E-state index in [1.165, 1.54) is 38.6 Å². The Bertz CT molecular complexity index is 221. The predicted molar refractivity (Wildman–Crippen MR) is 63.7 cm³/mol. The van der Waals surface area contributed by atoms with Gasteiger partial charge in [0.05, 0.1) is 0 Å². The van der Waals surface area contributed by atoms with Crippen molar-refractivity contribution in [3.05, 3.63) is 0 Å². The number of rotatable bonds is 5. The highest BCUT2D eigenvalue weighted by Crippen LogP contribution is 2.48. The molecule has 86 valence electrons. The van der Waals surface area contributed by atoms with E-state index >= 15 is 0 Å². The average molecular weight is 207 g/mol. The van der Waals surface area contributed by atoms with Crippen LogP contribution in [0.15, 0.2) is 0 Å². The molecule has 4 atom stereocenters. The molecule has 0 amide bonds. The van der Waals surface area contributed by atoms with E-state index in [4.69, 9.17) is 0 Å². The Kier molecular flexibility index (Phi) is 2.76. The van der Waals surface area contributed by atoms with Gasteiger partial charge in [-0.1, -0.05) is 19.3 Å². The van der Waals surface area contributed by atoms with E-state index in [-0.39, 0.29) is 0 Å². The third-order valence-electron chi connectivity index (χ3n) is 5.00. The van der Waals surface area contributed by atoms with Crippen molar-refractivity contribution in [1.29, 1.82) is 0 Å². The normalized spacial score (nSPS) is 41.0. The van der Waals surface area contributed by atoms with E-state index in [1.54, 1.807) is 12.8 Å². The molecule has 0 heterocycles. The highest BCUT2D eigenvalue weighted by Gasteiger charge is 2.39. The first-order chi connectivity index (χ1) is 7.31. The van der Waals surface area contributed by atoms with E-state index in [2.05, 4.69) is 12.2 Å². The van der Waals surface area contributed by atoms with E-state index in [9.17, 15) is 0 Å². The molecule has 3 saturated carbocycles. The summed E-state index contributed by atoms with van der Waals surface area (Å²) < 4.78 is 0. The highest BCUT2D eigenvalue weighted by atomic mass is 14.9. The maximum Gasteiger partial charge on any atom is 0.00414 e. The molecule has 4 unspecified atom stereocenters. The van der Waals surface area contributed by atoms with Gasteiger partial charge in [0.25, 0.3) is 0 Å². The van der Waals surface area contributed by atoms with Gasteiger partial charge in [-0.2, -0.15) is 0 Å². The molecule has 0 saturated heterocycles. The molecule has 0 aliphatic heterocycles. The Morgan fingerprint density at radius 3 is 2.60 bits per heavy atom. The molecule has 0 radical (unpaired) electrons. The molecule has 3 fully saturated rings. The molecule has 3 aliphatic rings. The Hall–Kier alpha value is -0.0400. The number of hydrogen-bond acceptors (Lipinski definition) is 1. The highest BCUT2D eigenvalue weighted by molar-refractivity contribution is 4.91. The van der Waals surface area contributed by atoms with Gasteiger partial charge >= 0.3 is 0 Å². The second-order valence-electron chi connectivity index (χ2n) is 6.42. The van der Waals surface area contributed by atoms with Crippen LogP contribution in [0.5, 0.6) is 0 Å². The fourth-order valence-electron chi connectivity index (χ4n) is 3.92. The molecule has 0 aromatic heterocycles. The lowest BCUT2D eigenvalue weighted by atomic mass is 9.88. The summed E-state index contributed by atoms with van der Waals surface area (Å²) in [5.74, 6) is 4.31. The van der Waals surface area contributed by atoms with Gasteiger partial charge in [0.2, 0.25) is 0 Å². The second kappa shape index (κ2) is 4.08. The fourth-order valence-corrected chi connectivity index (χ4v) is 3.92. The first-order valence-electron chi connectivity index (χ1n) is 7.04. The maximum atomic E-state index is 3.78. The van der Waals surface area contributed by atoms with Crippen LogP contribution in [0.25, 0.3) is 0 Å². The van der Waals surface area contributed by atoms with E-state index in [1.807, 2.05) is 0 Å². The summed E-state index contributed by atoms with van der Waals surface area (Å²) >= 11 is 0. The predicted octanol–water partition coefficient (Wildman–Crippen LogP) is 3.20. The molecule has 0 aromatic carbocycles. The van der Waals surface area contributed by atoms with Crippen molar-refractivity contribution >= 4 is 0 Å². The van der Waals surface area contributed by atoms with Crippen LogP contribution < -0.4 is 5.32 Å². The topological polar surface area (TPSA) is 12.0 Å². The number of hydrogen-bond donors (Lipinski definition) is 1. The van der Waals surface area contributed by atoms with Gasteiger partial charge in [0, 0.05) is 6.04 Å².